The first-order chi connectivity index (χ1) is 13.3. The molecule has 0 spiro atoms. The van der Waals surface area contributed by atoms with Gasteiger partial charge in [0.05, 0.1) is 13.2 Å². The number of halogens is 1. The van der Waals surface area contributed by atoms with Crippen molar-refractivity contribution in [3.05, 3.63) is 35.7 Å². The van der Waals surface area contributed by atoms with Gasteiger partial charge in [0.25, 0.3) is 0 Å². The van der Waals surface area contributed by atoms with Crippen LogP contribution in [-0.2, 0) is 17.7 Å². The van der Waals surface area contributed by atoms with E-state index in [1.807, 2.05) is 0 Å². The van der Waals surface area contributed by atoms with Gasteiger partial charge in [0, 0.05) is 31.6 Å². The van der Waals surface area contributed by atoms with E-state index in [1.54, 1.807) is 0 Å². The molecule has 1 saturated carbocycles. The Labute approximate surface area is 173 Å². The third-order valence-electron chi connectivity index (χ3n) is 6.06. The molecule has 1 saturated heterocycles. The van der Waals surface area contributed by atoms with Gasteiger partial charge in [-0.1, -0.05) is 48.7 Å². The van der Waals surface area contributed by atoms with E-state index in [4.69, 9.17) is 15.0 Å². The summed E-state index contributed by atoms with van der Waals surface area (Å²) in [6.07, 6.45) is 6.94. The van der Waals surface area contributed by atoms with Crippen LogP contribution in [0.15, 0.2) is 28.8 Å². The molecule has 4 rings (SSSR count). The number of aromatic nitrogens is 2. The van der Waals surface area contributed by atoms with Gasteiger partial charge in [0.2, 0.25) is 11.7 Å². The zero-order valence-electron chi connectivity index (χ0n) is 16.4. The molecule has 0 unspecified atom stereocenters. The van der Waals surface area contributed by atoms with Crippen LogP contribution in [0.5, 0.6) is 0 Å². The largest absolute Gasteiger partial charge is 0.379 e. The van der Waals surface area contributed by atoms with Crippen LogP contribution in [0.25, 0.3) is 11.4 Å². The molecule has 1 aliphatic heterocycles. The van der Waals surface area contributed by atoms with Crippen LogP contribution < -0.4 is 5.73 Å². The SMILES string of the molecule is Cl.NCC1(Cc2nc(-c3ccc(CN4CCOCC4)cc3)no2)CCCCC1. The van der Waals surface area contributed by atoms with Crippen molar-refractivity contribution in [2.24, 2.45) is 11.1 Å². The zero-order chi connectivity index (χ0) is 18.5. The van der Waals surface area contributed by atoms with Gasteiger partial charge in [0.1, 0.15) is 0 Å². The fourth-order valence-corrected chi connectivity index (χ4v) is 4.30. The van der Waals surface area contributed by atoms with E-state index < -0.39 is 0 Å². The van der Waals surface area contributed by atoms with Gasteiger partial charge in [-0.25, -0.2) is 0 Å². The zero-order valence-corrected chi connectivity index (χ0v) is 17.3. The summed E-state index contributed by atoms with van der Waals surface area (Å²) < 4.78 is 11.0. The molecule has 2 N–H and O–H groups in total. The van der Waals surface area contributed by atoms with E-state index in [2.05, 4.69) is 39.3 Å². The number of ether oxygens (including phenoxy) is 1. The molecule has 1 aromatic carbocycles. The summed E-state index contributed by atoms with van der Waals surface area (Å²) in [4.78, 5) is 7.07. The Balaban J connectivity index is 0.00000225. The topological polar surface area (TPSA) is 77.4 Å². The van der Waals surface area contributed by atoms with E-state index in [-0.39, 0.29) is 17.8 Å². The fourth-order valence-electron chi connectivity index (χ4n) is 4.30. The number of morpholine rings is 1. The Morgan fingerprint density at radius 3 is 2.43 bits per heavy atom. The van der Waals surface area contributed by atoms with Crippen LogP contribution in [0, 0.1) is 5.41 Å². The molecular formula is C21H31ClN4O2. The van der Waals surface area contributed by atoms with Crippen LogP contribution >= 0.6 is 12.4 Å². The lowest BCUT2D eigenvalue weighted by Gasteiger charge is -2.34. The lowest BCUT2D eigenvalue weighted by molar-refractivity contribution is 0.0342. The quantitative estimate of drug-likeness (QED) is 0.791. The van der Waals surface area contributed by atoms with Gasteiger partial charge < -0.3 is 15.0 Å². The van der Waals surface area contributed by atoms with E-state index in [9.17, 15) is 0 Å². The fraction of sp³-hybridized carbons (Fsp3) is 0.619. The summed E-state index contributed by atoms with van der Waals surface area (Å²) in [5, 5.41) is 4.21. The van der Waals surface area contributed by atoms with Crippen molar-refractivity contribution in [3.63, 3.8) is 0 Å². The highest BCUT2D eigenvalue weighted by Crippen LogP contribution is 2.38. The molecule has 7 heteroatoms. The molecule has 1 aromatic heterocycles. The summed E-state index contributed by atoms with van der Waals surface area (Å²) >= 11 is 0. The number of benzene rings is 1. The highest BCUT2D eigenvalue weighted by atomic mass is 35.5. The van der Waals surface area contributed by atoms with E-state index in [0.717, 1.165) is 63.6 Å². The summed E-state index contributed by atoms with van der Waals surface area (Å²) in [6, 6.07) is 8.49. The molecule has 2 aromatic rings. The van der Waals surface area contributed by atoms with Gasteiger partial charge in [-0.2, -0.15) is 4.98 Å². The van der Waals surface area contributed by atoms with Crippen molar-refractivity contribution in [1.29, 1.82) is 0 Å². The number of nitrogens with zero attached hydrogens (tertiary/aromatic N) is 3. The van der Waals surface area contributed by atoms with Crippen LogP contribution in [0.3, 0.4) is 0 Å². The predicted molar refractivity (Wildman–Crippen MR) is 111 cm³/mol. The van der Waals surface area contributed by atoms with E-state index in [1.165, 1.54) is 24.8 Å². The van der Waals surface area contributed by atoms with Crippen LogP contribution in [0.1, 0.15) is 43.6 Å². The van der Waals surface area contributed by atoms with Crippen molar-refractivity contribution < 1.29 is 9.26 Å². The van der Waals surface area contributed by atoms with Gasteiger partial charge >= 0.3 is 0 Å². The molecule has 28 heavy (non-hydrogen) atoms. The molecule has 6 nitrogen and oxygen atoms in total. The summed E-state index contributed by atoms with van der Waals surface area (Å²) in [7, 11) is 0. The van der Waals surface area contributed by atoms with Crippen LogP contribution in [-0.4, -0.2) is 47.9 Å². The minimum Gasteiger partial charge on any atom is -0.379 e. The number of hydrogen-bond acceptors (Lipinski definition) is 6. The molecule has 0 amide bonds. The average molecular weight is 407 g/mol. The minimum atomic E-state index is 0. The van der Waals surface area contributed by atoms with Gasteiger partial charge in [0.15, 0.2) is 0 Å². The number of rotatable bonds is 6. The third kappa shape index (κ3) is 5.11. The molecule has 2 heterocycles. The Hall–Kier alpha value is -1.47. The Kier molecular flexibility index (Phi) is 7.46. The first-order valence-corrected chi connectivity index (χ1v) is 10.2. The summed E-state index contributed by atoms with van der Waals surface area (Å²) in [5.74, 6) is 1.39. The Bertz CT molecular complexity index is 722. The van der Waals surface area contributed by atoms with Crippen LogP contribution in [0.4, 0.5) is 0 Å². The lowest BCUT2D eigenvalue weighted by Crippen LogP contribution is -2.35. The molecule has 1 aliphatic carbocycles. The molecule has 2 fully saturated rings. The van der Waals surface area contributed by atoms with Crippen molar-refractivity contribution >= 4 is 12.4 Å². The van der Waals surface area contributed by atoms with Gasteiger partial charge in [-0.05, 0) is 30.4 Å². The standard InChI is InChI=1S/C21H30N4O2.ClH/c22-16-21(8-2-1-3-9-21)14-19-23-20(24-27-19)18-6-4-17(5-7-18)15-25-10-12-26-13-11-25;/h4-7H,1-3,8-16,22H2;1H. The van der Waals surface area contributed by atoms with Crippen molar-refractivity contribution in [3.8, 4) is 11.4 Å². The molecule has 0 radical (unpaired) electrons. The second-order valence-electron chi connectivity index (χ2n) is 8.04. The number of nitrogens with two attached hydrogens (primary N) is 1. The molecule has 0 bridgehead atoms. The van der Waals surface area contributed by atoms with Crippen molar-refractivity contribution in [2.75, 3.05) is 32.8 Å². The molecular weight excluding hydrogens is 376 g/mol. The average Bonchev–Trinajstić information content (AvgIpc) is 3.18. The molecule has 2 aliphatic rings. The number of hydrogen-bond donors (Lipinski definition) is 1. The highest BCUT2D eigenvalue weighted by molar-refractivity contribution is 5.85. The first-order valence-electron chi connectivity index (χ1n) is 10.2. The van der Waals surface area contributed by atoms with Gasteiger partial charge in [-0.3, -0.25) is 4.90 Å². The normalized spacial score (nSPS) is 19.9. The van der Waals surface area contributed by atoms with Gasteiger partial charge in [-0.15, -0.1) is 12.4 Å². The maximum absolute atomic E-state index is 6.10. The van der Waals surface area contributed by atoms with Crippen LogP contribution in [0.2, 0.25) is 0 Å². The predicted octanol–water partition coefficient (Wildman–Crippen LogP) is 3.44. The minimum absolute atomic E-state index is 0. The Morgan fingerprint density at radius 2 is 1.75 bits per heavy atom. The molecule has 154 valence electrons. The second-order valence-corrected chi connectivity index (χ2v) is 8.04. The smallest absolute Gasteiger partial charge is 0.227 e. The maximum Gasteiger partial charge on any atom is 0.227 e. The monoisotopic (exact) mass is 406 g/mol. The third-order valence-corrected chi connectivity index (χ3v) is 6.06. The summed E-state index contributed by atoms with van der Waals surface area (Å²) in [5.41, 5.74) is 8.54. The maximum atomic E-state index is 6.10. The highest BCUT2D eigenvalue weighted by Gasteiger charge is 2.33. The molecule has 0 atom stereocenters. The van der Waals surface area contributed by atoms with Crippen molar-refractivity contribution in [1.82, 2.24) is 15.0 Å². The Morgan fingerprint density at radius 1 is 1.04 bits per heavy atom. The lowest BCUT2D eigenvalue weighted by atomic mass is 9.72. The van der Waals surface area contributed by atoms with E-state index >= 15 is 0 Å². The van der Waals surface area contributed by atoms with E-state index in [0.29, 0.717) is 12.4 Å². The second kappa shape index (κ2) is 9.83. The summed E-state index contributed by atoms with van der Waals surface area (Å²) in [6.45, 7) is 5.31. The first kappa shape index (κ1) is 21.2. The van der Waals surface area contributed by atoms with Crippen molar-refractivity contribution in [2.45, 2.75) is 45.1 Å².